The highest BCUT2D eigenvalue weighted by Gasteiger charge is 2.57. The summed E-state index contributed by atoms with van der Waals surface area (Å²) in [5.41, 5.74) is 2.64. The lowest BCUT2D eigenvalue weighted by Crippen LogP contribution is -2.33. The quantitative estimate of drug-likeness (QED) is 0.313. The van der Waals surface area contributed by atoms with Gasteiger partial charge in [-0.25, -0.2) is 23.5 Å². The predicted molar refractivity (Wildman–Crippen MR) is 146 cm³/mol. The number of likely N-dealkylation sites (tertiary alicyclic amines) is 1. The van der Waals surface area contributed by atoms with Crippen molar-refractivity contribution in [3.63, 3.8) is 0 Å². The molecular weight excluding hydrogens is 544 g/mol. The van der Waals surface area contributed by atoms with Crippen LogP contribution in [0, 0.1) is 34.8 Å². The number of benzene rings is 2. The fourth-order valence-corrected chi connectivity index (χ4v) is 6.25. The van der Waals surface area contributed by atoms with Gasteiger partial charge >= 0.3 is 5.97 Å². The number of imidazole rings is 1. The van der Waals surface area contributed by atoms with Gasteiger partial charge in [0, 0.05) is 37.2 Å². The zero-order valence-electron chi connectivity index (χ0n) is 22.5. The highest BCUT2D eigenvalue weighted by atomic mass is 19.1. The number of hydrogen-bond donors (Lipinski definition) is 1. The van der Waals surface area contributed by atoms with Crippen molar-refractivity contribution >= 4 is 17.0 Å². The van der Waals surface area contributed by atoms with Gasteiger partial charge in [-0.15, -0.1) is 0 Å². The summed E-state index contributed by atoms with van der Waals surface area (Å²) in [6.45, 7) is 3.39. The van der Waals surface area contributed by atoms with Crippen molar-refractivity contribution < 1.29 is 28.2 Å². The zero-order valence-corrected chi connectivity index (χ0v) is 22.5. The van der Waals surface area contributed by atoms with Crippen LogP contribution in [-0.4, -0.2) is 56.3 Å². The summed E-state index contributed by atoms with van der Waals surface area (Å²) in [5, 5.41) is 18.4. The number of fused-ring (bicyclic) bond motifs is 2. The van der Waals surface area contributed by atoms with Crippen molar-refractivity contribution in [2.24, 2.45) is 11.8 Å². The summed E-state index contributed by atoms with van der Waals surface area (Å²) in [7, 11) is 0. The Hall–Kier alpha value is -4.40. The lowest BCUT2D eigenvalue weighted by atomic mass is 10.1. The molecule has 0 radical (unpaired) electrons. The molecule has 4 aromatic rings. The standard InChI is InChI=1S/C31H27F2N5O4/c32-23-4-6-28(42-16-19-2-1-17(11-34)9-24(19)33)36-30(23)29-21-13-37(14-22(21)29)15-27-35-25-5-3-18(31(39)40)10-26(25)38(27)12-20-7-8-41-20/h1-6,9-10,20-22,29H,7-8,12-16H2,(H,39,40)/t20-,21-,22+,29+/m0/s1. The van der Waals surface area contributed by atoms with E-state index >= 15 is 0 Å². The van der Waals surface area contributed by atoms with Gasteiger partial charge in [0.25, 0.3) is 0 Å². The molecule has 214 valence electrons. The summed E-state index contributed by atoms with van der Waals surface area (Å²) in [6, 6.07) is 13.8. The third kappa shape index (κ3) is 4.86. The molecule has 4 atom stereocenters. The Balaban J connectivity index is 1.03. The first-order valence-corrected chi connectivity index (χ1v) is 13.9. The third-order valence-corrected chi connectivity index (χ3v) is 8.61. The first kappa shape index (κ1) is 26.5. The maximum Gasteiger partial charge on any atom is 0.335 e. The summed E-state index contributed by atoms with van der Waals surface area (Å²) in [6.07, 6.45) is 1.04. The molecule has 2 aromatic heterocycles. The summed E-state index contributed by atoms with van der Waals surface area (Å²) < 4.78 is 42.5. The van der Waals surface area contributed by atoms with E-state index in [1.807, 2.05) is 6.07 Å². The van der Waals surface area contributed by atoms with E-state index in [4.69, 9.17) is 19.7 Å². The molecule has 1 saturated carbocycles. The van der Waals surface area contributed by atoms with Crippen LogP contribution in [0.25, 0.3) is 11.0 Å². The molecule has 3 aliphatic rings. The second-order valence-electron chi connectivity index (χ2n) is 11.2. The SMILES string of the molecule is N#Cc1ccc(COc2ccc(F)c([C@H]3[C@@H]4CN(Cc5nc6ccc(C(=O)O)cc6n5C[C@@H]5CCO5)C[C@@H]43)n2)c(F)c1. The van der Waals surface area contributed by atoms with E-state index in [9.17, 15) is 18.7 Å². The number of nitriles is 1. The van der Waals surface area contributed by atoms with Crippen LogP contribution in [0.2, 0.25) is 0 Å². The minimum atomic E-state index is -0.978. The van der Waals surface area contributed by atoms with Gasteiger partial charge in [-0.3, -0.25) is 4.90 Å². The Morgan fingerprint density at radius 1 is 1.10 bits per heavy atom. The number of carboxylic acid groups (broad SMARTS) is 1. The van der Waals surface area contributed by atoms with Crippen LogP contribution in [-0.2, 0) is 24.4 Å². The number of pyridine rings is 1. The maximum absolute atomic E-state index is 14.9. The average molecular weight is 572 g/mol. The maximum atomic E-state index is 14.9. The number of carbonyl (C=O) groups is 1. The molecule has 3 fully saturated rings. The minimum Gasteiger partial charge on any atom is -0.478 e. The van der Waals surface area contributed by atoms with Crippen molar-refractivity contribution in [1.29, 1.82) is 5.26 Å². The van der Waals surface area contributed by atoms with E-state index < -0.39 is 11.8 Å². The Bertz CT molecular complexity index is 1740. The topological polar surface area (TPSA) is 114 Å². The van der Waals surface area contributed by atoms with Gasteiger partial charge in [0.1, 0.15) is 24.1 Å². The molecule has 2 aromatic carbocycles. The zero-order chi connectivity index (χ0) is 29.0. The summed E-state index contributed by atoms with van der Waals surface area (Å²) in [5.74, 6) is -0.321. The molecule has 9 nitrogen and oxygen atoms in total. The molecule has 7 rings (SSSR count). The summed E-state index contributed by atoms with van der Waals surface area (Å²) in [4.78, 5) is 23.2. The number of nitrogens with zero attached hydrogens (tertiary/aromatic N) is 5. The third-order valence-electron chi connectivity index (χ3n) is 8.61. The molecule has 1 aliphatic carbocycles. The van der Waals surface area contributed by atoms with Crippen LogP contribution in [0.5, 0.6) is 5.88 Å². The Morgan fingerprint density at radius 3 is 2.60 bits per heavy atom. The molecule has 0 bridgehead atoms. The minimum absolute atomic E-state index is 0.0169. The fraction of sp³-hybridized carbons (Fsp3) is 0.355. The van der Waals surface area contributed by atoms with Crippen LogP contribution in [0.4, 0.5) is 8.78 Å². The second kappa shape index (κ2) is 10.5. The van der Waals surface area contributed by atoms with Crippen molar-refractivity contribution in [3.05, 3.63) is 88.4 Å². The number of hydrogen-bond acceptors (Lipinski definition) is 7. The number of piperidine rings is 1. The number of ether oxygens (including phenoxy) is 2. The molecule has 4 heterocycles. The van der Waals surface area contributed by atoms with Gasteiger partial charge in [-0.05, 0) is 54.7 Å². The van der Waals surface area contributed by atoms with E-state index in [0.29, 0.717) is 18.8 Å². The molecule has 1 N–H and O–H groups in total. The van der Waals surface area contributed by atoms with E-state index in [1.165, 1.54) is 24.3 Å². The summed E-state index contributed by atoms with van der Waals surface area (Å²) >= 11 is 0. The average Bonchev–Trinajstić information content (AvgIpc) is 3.27. The number of halogens is 2. The van der Waals surface area contributed by atoms with E-state index in [-0.39, 0.29) is 58.9 Å². The Kier molecular flexibility index (Phi) is 6.60. The molecule has 2 aliphatic heterocycles. The molecule has 42 heavy (non-hydrogen) atoms. The first-order chi connectivity index (χ1) is 20.4. The smallest absolute Gasteiger partial charge is 0.335 e. The van der Waals surface area contributed by atoms with Crippen LogP contribution < -0.4 is 4.74 Å². The number of carboxylic acids is 1. The molecule has 0 unspecified atom stereocenters. The normalized spacial score (nSPS) is 22.9. The molecule has 2 saturated heterocycles. The predicted octanol–water partition coefficient (Wildman–Crippen LogP) is 4.49. The van der Waals surface area contributed by atoms with Crippen LogP contribution >= 0.6 is 0 Å². The van der Waals surface area contributed by atoms with Crippen LogP contribution in [0.3, 0.4) is 0 Å². The van der Waals surface area contributed by atoms with Gasteiger partial charge < -0.3 is 19.1 Å². The van der Waals surface area contributed by atoms with Crippen LogP contribution in [0.1, 0.15) is 45.3 Å². The van der Waals surface area contributed by atoms with Crippen molar-refractivity contribution in [3.8, 4) is 11.9 Å². The lowest BCUT2D eigenvalue weighted by molar-refractivity contribution is -0.0591. The van der Waals surface area contributed by atoms with Gasteiger partial charge in [-0.1, -0.05) is 6.07 Å². The van der Waals surface area contributed by atoms with Gasteiger partial charge in [0.05, 0.1) is 53.1 Å². The first-order valence-electron chi connectivity index (χ1n) is 13.9. The number of rotatable bonds is 9. The van der Waals surface area contributed by atoms with Crippen LogP contribution in [0.15, 0.2) is 48.5 Å². The number of aromatic nitrogens is 3. The highest BCUT2D eigenvalue weighted by Crippen LogP contribution is 2.58. The monoisotopic (exact) mass is 571 g/mol. The van der Waals surface area contributed by atoms with Gasteiger partial charge in [0.15, 0.2) is 0 Å². The van der Waals surface area contributed by atoms with E-state index in [2.05, 4.69) is 14.5 Å². The molecule has 0 spiro atoms. The molecular formula is C31H27F2N5O4. The Morgan fingerprint density at radius 2 is 1.90 bits per heavy atom. The van der Waals surface area contributed by atoms with Crippen molar-refractivity contribution in [1.82, 2.24) is 19.4 Å². The van der Waals surface area contributed by atoms with E-state index in [0.717, 1.165) is 49.0 Å². The largest absolute Gasteiger partial charge is 0.478 e. The van der Waals surface area contributed by atoms with Crippen molar-refractivity contribution in [2.45, 2.75) is 38.1 Å². The van der Waals surface area contributed by atoms with Gasteiger partial charge in [-0.2, -0.15) is 5.26 Å². The lowest BCUT2D eigenvalue weighted by Gasteiger charge is -2.28. The van der Waals surface area contributed by atoms with Gasteiger partial charge in [0.2, 0.25) is 5.88 Å². The van der Waals surface area contributed by atoms with Crippen molar-refractivity contribution in [2.75, 3.05) is 19.7 Å². The number of aromatic carboxylic acids is 1. The van der Waals surface area contributed by atoms with E-state index in [1.54, 1.807) is 18.2 Å². The Labute approximate surface area is 239 Å². The molecule has 11 heteroatoms. The fourth-order valence-electron chi connectivity index (χ4n) is 6.25. The second-order valence-corrected chi connectivity index (χ2v) is 11.2. The highest BCUT2D eigenvalue weighted by molar-refractivity contribution is 5.92. The molecule has 0 amide bonds.